The topological polar surface area (TPSA) is 93.2 Å². The van der Waals surface area contributed by atoms with Crippen molar-refractivity contribution in [3.8, 4) is 0 Å². The van der Waals surface area contributed by atoms with Crippen LogP contribution < -0.4 is 16.6 Å². The Morgan fingerprint density at radius 1 is 1.39 bits per heavy atom. The highest BCUT2D eigenvalue weighted by molar-refractivity contribution is 5.76. The fraction of sp³-hybridized carbons (Fsp3) is 0.182. The molecule has 0 aliphatic rings. The van der Waals surface area contributed by atoms with E-state index in [-0.39, 0.29) is 6.67 Å². The van der Waals surface area contributed by atoms with Crippen LogP contribution in [0.25, 0.3) is 10.9 Å². The van der Waals surface area contributed by atoms with Crippen molar-refractivity contribution in [1.29, 1.82) is 0 Å². The SMILES string of the molecule is COC(=O)NCn1c(=O)[nH]c2ccccc2c1=O. The molecule has 0 fully saturated rings. The standard InChI is InChI=1S/C11H11N3O4/c1-18-11(17)12-6-14-9(15)7-4-2-3-5-8(7)13-10(14)16/h2-5H,6H2,1H3,(H,12,17)(H,13,16). The Morgan fingerprint density at radius 3 is 2.83 bits per heavy atom. The van der Waals surface area contributed by atoms with Gasteiger partial charge in [-0.25, -0.2) is 14.2 Å². The largest absolute Gasteiger partial charge is 0.453 e. The minimum absolute atomic E-state index is 0.244. The average molecular weight is 249 g/mol. The molecule has 18 heavy (non-hydrogen) atoms. The van der Waals surface area contributed by atoms with Crippen molar-refractivity contribution in [3.63, 3.8) is 0 Å². The van der Waals surface area contributed by atoms with Crippen molar-refractivity contribution in [2.75, 3.05) is 7.11 Å². The molecule has 2 N–H and O–H groups in total. The van der Waals surface area contributed by atoms with Crippen molar-refractivity contribution >= 4 is 17.0 Å². The molecule has 7 heteroatoms. The first-order valence-electron chi connectivity index (χ1n) is 5.17. The minimum atomic E-state index is -0.713. The van der Waals surface area contributed by atoms with Crippen LogP contribution in [0.3, 0.4) is 0 Å². The summed E-state index contributed by atoms with van der Waals surface area (Å²) in [6, 6.07) is 6.65. The van der Waals surface area contributed by atoms with Gasteiger partial charge in [-0.15, -0.1) is 0 Å². The molecule has 0 spiro atoms. The molecule has 0 bridgehead atoms. The second kappa shape index (κ2) is 4.74. The Hall–Kier alpha value is -2.57. The van der Waals surface area contributed by atoms with Crippen molar-refractivity contribution < 1.29 is 9.53 Å². The van der Waals surface area contributed by atoms with E-state index in [4.69, 9.17) is 0 Å². The fourth-order valence-corrected chi connectivity index (χ4v) is 1.56. The molecular weight excluding hydrogens is 238 g/mol. The molecule has 7 nitrogen and oxygen atoms in total. The predicted octanol–water partition coefficient (Wildman–Crippen LogP) is 0.00330. The number of nitrogens with one attached hydrogen (secondary N) is 2. The lowest BCUT2D eigenvalue weighted by atomic mass is 10.2. The van der Waals surface area contributed by atoms with Crippen LogP contribution in [0.5, 0.6) is 0 Å². The van der Waals surface area contributed by atoms with Crippen LogP contribution in [0, 0.1) is 0 Å². The van der Waals surface area contributed by atoms with E-state index >= 15 is 0 Å². The molecule has 1 aromatic carbocycles. The van der Waals surface area contributed by atoms with Crippen molar-refractivity contribution in [3.05, 3.63) is 45.1 Å². The molecule has 1 amide bonds. The molecule has 1 heterocycles. The Balaban J connectivity index is 2.48. The molecule has 2 rings (SSSR count). The van der Waals surface area contributed by atoms with Gasteiger partial charge in [0.2, 0.25) is 0 Å². The summed E-state index contributed by atoms with van der Waals surface area (Å²) < 4.78 is 5.25. The van der Waals surface area contributed by atoms with E-state index < -0.39 is 17.3 Å². The van der Waals surface area contributed by atoms with Crippen LogP contribution in [-0.2, 0) is 11.4 Å². The first-order chi connectivity index (χ1) is 8.63. The average Bonchev–Trinajstić information content (AvgIpc) is 2.38. The van der Waals surface area contributed by atoms with E-state index in [1.54, 1.807) is 24.3 Å². The highest BCUT2D eigenvalue weighted by Crippen LogP contribution is 2.02. The zero-order valence-electron chi connectivity index (χ0n) is 9.60. The van der Waals surface area contributed by atoms with Gasteiger partial charge in [0.25, 0.3) is 5.56 Å². The van der Waals surface area contributed by atoms with Gasteiger partial charge in [0.15, 0.2) is 0 Å². The van der Waals surface area contributed by atoms with Crippen molar-refractivity contribution in [2.24, 2.45) is 0 Å². The number of hydrogen-bond donors (Lipinski definition) is 2. The molecule has 0 saturated heterocycles. The summed E-state index contributed by atoms with van der Waals surface area (Å²) in [5.74, 6) is 0. The summed E-state index contributed by atoms with van der Waals surface area (Å²) >= 11 is 0. The number of aromatic amines is 1. The zero-order chi connectivity index (χ0) is 13.1. The van der Waals surface area contributed by atoms with Gasteiger partial charge in [-0.1, -0.05) is 12.1 Å². The van der Waals surface area contributed by atoms with Crippen LogP contribution in [0.2, 0.25) is 0 Å². The lowest BCUT2D eigenvalue weighted by molar-refractivity contribution is 0.167. The normalized spacial score (nSPS) is 10.3. The fourth-order valence-electron chi connectivity index (χ4n) is 1.56. The van der Waals surface area contributed by atoms with E-state index in [9.17, 15) is 14.4 Å². The predicted molar refractivity (Wildman–Crippen MR) is 64.4 cm³/mol. The summed E-state index contributed by atoms with van der Waals surface area (Å²) in [7, 11) is 1.20. The first-order valence-corrected chi connectivity index (χ1v) is 5.17. The van der Waals surface area contributed by atoms with Crippen molar-refractivity contribution in [1.82, 2.24) is 14.9 Å². The van der Waals surface area contributed by atoms with Gasteiger partial charge in [0, 0.05) is 0 Å². The number of carbonyl (C=O) groups excluding carboxylic acids is 1. The number of aromatic nitrogens is 2. The number of carbonyl (C=O) groups is 1. The molecule has 94 valence electrons. The Bertz CT molecular complexity index is 701. The minimum Gasteiger partial charge on any atom is -0.453 e. The second-order valence-corrected chi connectivity index (χ2v) is 3.54. The monoisotopic (exact) mass is 249 g/mol. The number of nitrogens with zero attached hydrogens (tertiary/aromatic N) is 1. The third-order valence-corrected chi connectivity index (χ3v) is 2.46. The molecule has 0 saturated carbocycles. The number of H-pyrrole nitrogens is 1. The van der Waals surface area contributed by atoms with Gasteiger partial charge in [0.05, 0.1) is 18.0 Å². The number of hydrogen-bond acceptors (Lipinski definition) is 4. The van der Waals surface area contributed by atoms with Gasteiger partial charge in [0.1, 0.15) is 6.67 Å². The van der Waals surface area contributed by atoms with E-state index in [1.807, 2.05) is 0 Å². The molecular formula is C11H11N3O4. The number of fused-ring (bicyclic) bond motifs is 1. The van der Waals surface area contributed by atoms with E-state index in [2.05, 4.69) is 15.0 Å². The first kappa shape index (κ1) is 11.9. The van der Waals surface area contributed by atoms with Gasteiger partial charge in [-0.05, 0) is 12.1 Å². The molecule has 1 aromatic heterocycles. The summed E-state index contributed by atoms with van der Waals surface area (Å²) in [5.41, 5.74) is -0.595. The maximum absolute atomic E-state index is 12.0. The van der Waals surface area contributed by atoms with Crippen LogP contribution in [-0.4, -0.2) is 22.8 Å². The summed E-state index contributed by atoms with van der Waals surface area (Å²) in [5, 5.41) is 2.66. The van der Waals surface area contributed by atoms with E-state index in [0.717, 1.165) is 4.57 Å². The van der Waals surface area contributed by atoms with Crippen LogP contribution >= 0.6 is 0 Å². The molecule has 0 aliphatic carbocycles. The maximum atomic E-state index is 12.0. The summed E-state index contributed by atoms with van der Waals surface area (Å²) in [4.78, 5) is 37.1. The number of alkyl carbamates (subject to hydrolysis) is 1. The highest BCUT2D eigenvalue weighted by Gasteiger charge is 2.07. The lowest BCUT2D eigenvalue weighted by Gasteiger charge is -2.07. The maximum Gasteiger partial charge on any atom is 0.408 e. The number of amides is 1. The number of ether oxygens (including phenoxy) is 1. The van der Waals surface area contributed by atoms with Crippen LogP contribution in [0.1, 0.15) is 0 Å². The summed E-state index contributed by atoms with van der Waals surface area (Å²) in [6.45, 7) is -0.244. The summed E-state index contributed by atoms with van der Waals surface area (Å²) in [6.07, 6.45) is -0.713. The van der Waals surface area contributed by atoms with Crippen molar-refractivity contribution in [2.45, 2.75) is 6.67 Å². The van der Waals surface area contributed by atoms with E-state index in [0.29, 0.717) is 10.9 Å². The number of para-hydroxylation sites is 1. The quantitative estimate of drug-likeness (QED) is 0.783. The number of methoxy groups -OCH3 is 1. The highest BCUT2D eigenvalue weighted by atomic mass is 16.5. The van der Waals surface area contributed by atoms with Gasteiger partial charge >= 0.3 is 11.8 Å². The Kier molecular flexibility index (Phi) is 3.13. The smallest absolute Gasteiger partial charge is 0.408 e. The second-order valence-electron chi connectivity index (χ2n) is 3.54. The Labute approximate surface area is 101 Å². The third kappa shape index (κ3) is 2.10. The molecule has 0 atom stereocenters. The number of rotatable bonds is 2. The van der Waals surface area contributed by atoms with Gasteiger partial charge in [-0.3, -0.25) is 4.79 Å². The van der Waals surface area contributed by atoms with Gasteiger partial charge < -0.3 is 15.0 Å². The number of benzene rings is 1. The van der Waals surface area contributed by atoms with Gasteiger partial charge in [-0.2, -0.15) is 0 Å². The van der Waals surface area contributed by atoms with E-state index in [1.165, 1.54) is 7.11 Å². The molecule has 0 aliphatic heterocycles. The molecule has 2 aromatic rings. The molecule has 0 unspecified atom stereocenters. The van der Waals surface area contributed by atoms with Crippen LogP contribution in [0.4, 0.5) is 4.79 Å². The Morgan fingerprint density at radius 2 is 2.11 bits per heavy atom. The third-order valence-electron chi connectivity index (χ3n) is 2.46. The van der Waals surface area contributed by atoms with Crippen LogP contribution in [0.15, 0.2) is 33.9 Å². The molecule has 0 radical (unpaired) electrons. The lowest BCUT2D eigenvalue weighted by Crippen LogP contribution is -2.40. The zero-order valence-corrected chi connectivity index (χ0v) is 9.60.